The molecule has 0 spiro atoms. The maximum absolute atomic E-state index is 4.72. The van der Waals surface area contributed by atoms with Gasteiger partial charge in [-0.25, -0.2) is 0 Å². The van der Waals surface area contributed by atoms with Crippen molar-refractivity contribution < 1.29 is 0 Å². The van der Waals surface area contributed by atoms with Crippen LogP contribution in [0.4, 0.5) is 17.1 Å². The van der Waals surface area contributed by atoms with E-state index in [1.807, 2.05) is 12.2 Å². The number of fused-ring (bicyclic) bond motifs is 1. The van der Waals surface area contributed by atoms with Gasteiger partial charge in [0.2, 0.25) is 0 Å². The van der Waals surface area contributed by atoms with Crippen LogP contribution in [0, 0.1) is 13.8 Å². The van der Waals surface area contributed by atoms with Crippen LogP contribution in [0.2, 0.25) is 0 Å². The fourth-order valence-corrected chi connectivity index (χ4v) is 8.19. The van der Waals surface area contributed by atoms with Crippen LogP contribution in [0.3, 0.4) is 0 Å². The van der Waals surface area contributed by atoms with Crippen LogP contribution in [0.5, 0.6) is 0 Å². The van der Waals surface area contributed by atoms with Gasteiger partial charge >= 0.3 is 0 Å². The number of allylic oxidation sites excluding steroid dienone is 10. The molecule has 0 aliphatic carbocycles. The van der Waals surface area contributed by atoms with E-state index in [0.29, 0.717) is 6.54 Å². The number of hydrogen-bond acceptors (Lipinski definition) is 2. The van der Waals surface area contributed by atoms with Crippen molar-refractivity contribution in [1.82, 2.24) is 0 Å². The van der Waals surface area contributed by atoms with Gasteiger partial charge in [0.15, 0.2) is 0 Å². The van der Waals surface area contributed by atoms with Crippen molar-refractivity contribution >= 4 is 22.6 Å². The summed E-state index contributed by atoms with van der Waals surface area (Å²) in [6.45, 7) is 21.2. The molecule has 278 valence electrons. The van der Waals surface area contributed by atoms with Gasteiger partial charge in [-0.2, -0.15) is 0 Å². The van der Waals surface area contributed by atoms with Gasteiger partial charge in [0.25, 0.3) is 0 Å². The second-order valence-electron chi connectivity index (χ2n) is 15.0. The van der Waals surface area contributed by atoms with Crippen LogP contribution in [-0.2, 0) is 6.42 Å². The van der Waals surface area contributed by atoms with E-state index in [1.54, 1.807) is 0 Å². The quantitative estimate of drug-likeness (QED) is 0.139. The van der Waals surface area contributed by atoms with Crippen LogP contribution in [0.1, 0.15) is 48.6 Å². The molecule has 0 N–H and O–H groups in total. The summed E-state index contributed by atoms with van der Waals surface area (Å²) in [4.78, 5) is 4.93. The SMILES string of the molecule is C=C/C=C\C1=C(C)CN(c2cccc(-c3cccc(C)c3)c2)C(C(=C\C)/C2=C/C(=C)c3ccccc3N(c3cc(C)cc(Cc4ccccc4)c3)C/C=C\2)=C1C. The molecule has 0 aromatic heterocycles. The molecule has 2 nitrogen and oxygen atoms in total. The van der Waals surface area contributed by atoms with E-state index in [4.69, 9.17) is 6.58 Å². The predicted molar refractivity (Wildman–Crippen MR) is 243 cm³/mol. The lowest BCUT2D eigenvalue weighted by atomic mass is 9.87. The summed E-state index contributed by atoms with van der Waals surface area (Å²) in [6.07, 6.45) is 16.2. The lowest BCUT2D eigenvalue weighted by molar-refractivity contribution is 0.922. The molecule has 0 atom stereocenters. The fraction of sp³-hybridized carbons (Fsp3) is 0.148. The summed E-state index contributed by atoms with van der Waals surface area (Å²) >= 11 is 0. The Morgan fingerprint density at radius 1 is 0.714 bits per heavy atom. The van der Waals surface area contributed by atoms with E-state index in [9.17, 15) is 0 Å². The number of rotatable bonds is 9. The molecule has 5 aromatic carbocycles. The van der Waals surface area contributed by atoms with Crippen LogP contribution in [-0.4, -0.2) is 13.1 Å². The summed E-state index contributed by atoms with van der Waals surface area (Å²) in [7, 11) is 0. The Kier molecular flexibility index (Phi) is 11.5. The molecule has 0 bridgehead atoms. The van der Waals surface area contributed by atoms with E-state index < -0.39 is 0 Å². The number of para-hydroxylation sites is 1. The van der Waals surface area contributed by atoms with Gasteiger partial charge in [0.05, 0.1) is 5.70 Å². The molecule has 2 aliphatic heterocycles. The van der Waals surface area contributed by atoms with Crippen molar-refractivity contribution in [3.8, 4) is 11.1 Å². The number of anilines is 3. The molecule has 2 heteroatoms. The highest BCUT2D eigenvalue weighted by Crippen LogP contribution is 2.42. The summed E-state index contributed by atoms with van der Waals surface area (Å²) in [5.74, 6) is 0. The molecule has 0 saturated carbocycles. The van der Waals surface area contributed by atoms with Gasteiger partial charge in [0.1, 0.15) is 0 Å². The zero-order valence-electron chi connectivity index (χ0n) is 33.5. The first kappa shape index (κ1) is 37.9. The third-order valence-electron chi connectivity index (χ3n) is 10.8. The topological polar surface area (TPSA) is 6.48 Å². The lowest BCUT2D eigenvalue weighted by Crippen LogP contribution is -2.31. The molecule has 0 amide bonds. The number of hydrogen-bond donors (Lipinski definition) is 0. The largest absolute Gasteiger partial charge is 0.337 e. The van der Waals surface area contributed by atoms with Crippen LogP contribution >= 0.6 is 0 Å². The van der Waals surface area contributed by atoms with E-state index in [0.717, 1.165) is 41.1 Å². The molecule has 0 radical (unpaired) electrons. The number of nitrogens with zero attached hydrogens (tertiary/aromatic N) is 2. The van der Waals surface area contributed by atoms with Gasteiger partial charge in [-0.05, 0) is 133 Å². The second kappa shape index (κ2) is 17.0. The van der Waals surface area contributed by atoms with Gasteiger partial charge < -0.3 is 9.80 Å². The summed E-state index contributed by atoms with van der Waals surface area (Å²) in [5.41, 5.74) is 20.4. The van der Waals surface area contributed by atoms with Crippen molar-refractivity contribution in [3.63, 3.8) is 0 Å². The monoisotopic (exact) mass is 728 g/mol. The van der Waals surface area contributed by atoms with E-state index in [1.165, 1.54) is 67.1 Å². The Balaban J connectivity index is 1.32. The lowest BCUT2D eigenvalue weighted by Gasteiger charge is -2.36. The summed E-state index contributed by atoms with van der Waals surface area (Å²) in [6, 6.07) is 44.1. The van der Waals surface area contributed by atoms with Crippen molar-refractivity contribution in [2.75, 3.05) is 22.9 Å². The average molecular weight is 729 g/mol. The molecular formula is C54H52N2. The van der Waals surface area contributed by atoms with Crippen molar-refractivity contribution in [1.29, 1.82) is 0 Å². The van der Waals surface area contributed by atoms with Gasteiger partial charge in [-0.15, -0.1) is 0 Å². The van der Waals surface area contributed by atoms with Gasteiger partial charge in [0, 0.05) is 41.3 Å². The Hall–Kier alpha value is -6.38. The summed E-state index contributed by atoms with van der Waals surface area (Å²) in [5, 5.41) is 0. The van der Waals surface area contributed by atoms with Crippen molar-refractivity contribution in [3.05, 3.63) is 238 Å². The third-order valence-corrected chi connectivity index (χ3v) is 10.8. The molecule has 7 rings (SSSR count). The molecule has 0 fully saturated rings. The molecule has 2 aliphatic rings. The smallest absolute Gasteiger partial charge is 0.0525 e. The normalized spacial score (nSPS) is 16.6. The maximum atomic E-state index is 4.72. The number of aryl methyl sites for hydroxylation is 2. The minimum Gasteiger partial charge on any atom is -0.337 e. The van der Waals surface area contributed by atoms with Crippen molar-refractivity contribution in [2.24, 2.45) is 0 Å². The second-order valence-corrected chi connectivity index (χ2v) is 15.0. The van der Waals surface area contributed by atoms with E-state index in [-0.39, 0.29) is 0 Å². The standard InChI is InChI=1S/C54H52N2/c1-8-10-26-51-41(6)37-56(48-25-17-23-46(36-48)45-22-16-19-38(3)31-45)54(42(51)7)50(9-2)47-24-18-29-55(53-28-15-14-27-52(53)40(5)33-47)49-32-39(4)30-44(35-49)34-43-20-12-11-13-21-43/h8-28,30-33,35-36H,1,5,29,34,37H2,2-4,6-7H3/b24-18-,26-10-,47-33+,50-9-. The molecular weight excluding hydrogens is 677 g/mol. The van der Waals surface area contributed by atoms with E-state index in [2.05, 4.69) is 203 Å². The minimum atomic E-state index is 0.708. The zero-order valence-corrected chi connectivity index (χ0v) is 33.5. The molecule has 56 heavy (non-hydrogen) atoms. The first-order chi connectivity index (χ1) is 27.2. The van der Waals surface area contributed by atoms with Crippen LogP contribution in [0.15, 0.2) is 211 Å². The van der Waals surface area contributed by atoms with Gasteiger partial charge in [-0.3, -0.25) is 0 Å². The van der Waals surface area contributed by atoms with Gasteiger partial charge in [-0.1, -0.05) is 146 Å². The highest BCUT2D eigenvalue weighted by Gasteiger charge is 2.27. The van der Waals surface area contributed by atoms with Crippen molar-refractivity contribution in [2.45, 2.75) is 41.0 Å². The third kappa shape index (κ3) is 8.16. The zero-order chi connectivity index (χ0) is 39.2. The number of benzene rings is 5. The molecule has 0 saturated heterocycles. The fourth-order valence-electron chi connectivity index (χ4n) is 8.19. The van der Waals surface area contributed by atoms with Crippen LogP contribution in [0.25, 0.3) is 16.7 Å². The van der Waals surface area contributed by atoms with E-state index >= 15 is 0 Å². The molecule has 0 unspecified atom stereocenters. The Bertz CT molecular complexity index is 2480. The Morgan fingerprint density at radius 2 is 1.46 bits per heavy atom. The average Bonchev–Trinajstić information content (AvgIpc) is 3.27. The molecule has 2 heterocycles. The summed E-state index contributed by atoms with van der Waals surface area (Å²) < 4.78 is 0. The van der Waals surface area contributed by atoms with Crippen LogP contribution < -0.4 is 9.80 Å². The molecule has 5 aromatic rings. The first-order valence-electron chi connectivity index (χ1n) is 19.6. The first-order valence-corrected chi connectivity index (χ1v) is 19.6. The Morgan fingerprint density at radius 3 is 2.23 bits per heavy atom. The maximum Gasteiger partial charge on any atom is 0.0525 e. The predicted octanol–water partition coefficient (Wildman–Crippen LogP) is 14.0. The highest BCUT2D eigenvalue weighted by molar-refractivity contribution is 5.87. The minimum absolute atomic E-state index is 0.708. The Labute approximate surface area is 334 Å². The highest BCUT2D eigenvalue weighted by atomic mass is 15.2.